The lowest BCUT2D eigenvalue weighted by Gasteiger charge is -2.04. The number of aromatic nitrogens is 2. The van der Waals surface area contributed by atoms with Crippen LogP contribution in [0.25, 0.3) is 10.7 Å². The first-order valence-corrected chi connectivity index (χ1v) is 7.28. The van der Waals surface area contributed by atoms with Gasteiger partial charge in [-0.25, -0.2) is 0 Å². The lowest BCUT2D eigenvalue weighted by molar-refractivity contribution is -0.136. The van der Waals surface area contributed by atoms with Crippen molar-refractivity contribution in [1.29, 1.82) is 0 Å². The lowest BCUT2D eigenvalue weighted by Crippen LogP contribution is -2.05. The van der Waals surface area contributed by atoms with E-state index in [1.165, 1.54) is 11.8 Å². The fraction of sp³-hybridized carbons (Fsp3) is 0.364. The molecule has 0 saturated carbocycles. The zero-order chi connectivity index (χ0) is 13.0. The van der Waals surface area contributed by atoms with Crippen molar-refractivity contribution in [3.05, 3.63) is 23.4 Å². The first kappa shape index (κ1) is 13.1. The van der Waals surface area contributed by atoms with Gasteiger partial charge in [0.25, 0.3) is 0 Å². The van der Waals surface area contributed by atoms with E-state index in [-0.39, 0.29) is 11.7 Å². The van der Waals surface area contributed by atoms with E-state index >= 15 is 0 Å². The van der Waals surface area contributed by atoms with Gasteiger partial charge < -0.3 is 9.63 Å². The molecule has 1 unspecified atom stereocenters. The van der Waals surface area contributed by atoms with E-state index in [0.29, 0.717) is 17.5 Å². The van der Waals surface area contributed by atoms with Crippen LogP contribution >= 0.6 is 23.1 Å². The van der Waals surface area contributed by atoms with Gasteiger partial charge >= 0.3 is 5.97 Å². The molecule has 18 heavy (non-hydrogen) atoms. The molecule has 2 aromatic rings. The van der Waals surface area contributed by atoms with Crippen LogP contribution < -0.4 is 0 Å². The van der Waals surface area contributed by atoms with Crippen LogP contribution in [-0.4, -0.2) is 26.5 Å². The molecule has 0 fully saturated rings. The van der Waals surface area contributed by atoms with Crippen molar-refractivity contribution < 1.29 is 14.4 Å². The SMILES string of the molecule is CC(CC(=O)O)SCc1nc(-c2cccs2)no1. The molecule has 2 rings (SSSR count). The minimum absolute atomic E-state index is 0.0274. The summed E-state index contributed by atoms with van der Waals surface area (Å²) in [6, 6.07) is 3.86. The zero-order valence-electron chi connectivity index (χ0n) is 9.70. The van der Waals surface area contributed by atoms with Crippen LogP contribution in [0.15, 0.2) is 22.0 Å². The Morgan fingerprint density at radius 3 is 3.17 bits per heavy atom. The molecule has 0 amide bonds. The van der Waals surface area contributed by atoms with Crippen molar-refractivity contribution >= 4 is 29.1 Å². The normalized spacial score (nSPS) is 12.5. The Balaban J connectivity index is 1.89. The molecule has 0 aromatic carbocycles. The molecule has 2 heterocycles. The smallest absolute Gasteiger partial charge is 0.304 e. The number of thiophene rings is 1. The highest BCUT2D eigenvalue weighted by Gasteiger charge is 2.12. The Hall–Kier alpha value is -1.34. The molecule has 7 heteroatoms. The van der Waals surface area contributed by atoms with E-state index in [4.69, 9.17) is 9.63 Å². The Morgan fingerprint density at radius 2 is 2.50 bits per heavy atom. The second-order valence-electron chi connectivity index (χ2n) is 3.71. The van der Waals surface area contributed by atoms with Crippen LogP contribution in [-0.2, 0) is 10.5 Å². The van der Waals surface area contributed by atoms with Gasteiger partial charge in [-0.1, -0.05) is 18.1 Å². The number of hydrogen-bond donors (Lipinski definition) is 1. The number of nitrogens with zero attached hydrogens (tertiary/aromatic N) is 2. The summed E-state index contributed by atoms with van der Waals surface area (Å²) in [5.74, 6) is 0.860. The molecule has 0 aliphatic heterocycles. The standard InChI is InChI=1S/C11H12N2O3S2/c1-7(5-10(14)15)18-6-9-12-11(13-16-9)8-3-2-4-17-8/h2-4,7H,5-6H2,1H3,(H,14,15). The summed E-state index contributed by atoms with van der Waals surface area (Å²) >= 11 is 3.05. The van der Waals surface area contributed by atoms with Gasteiger partial charge in [-0.05, 0) is 11.4 Å². The van der Waals surface area contributed by atoms with Crippen LogP contribution in [0.2, 0.25) is 0 Å². The molecule has 1 atom stereocenters. The van der Waals surface area contributed by atoms with Gasteiger partial charge in [0.05, 0.1) is 17.1 Å². The maximum atomic E-state index is 10.5. The molecule has 0 spiro atoms. The molecular weight excluding hydrogens is 272 g/mol. The highest BCUT2D eigenvalue weighted by molar-refractivity contribution is 7.99. The number of carboxylic acids is 1. The van der Waals surface area contributed by atoms with Crippen molar-refractivity contribution in [2.45, 2.75) is 24.3 Å². The maximum Gasteiger partial charge on any atom is 0.304 e. The van der Waals surface area contributed by atoms with Gasteiger partial charge in [0.15, 0.2) is 0 Å². The van der Waals surface area contributed by atoms with E-state index in [1.54, 1.807) is 11.3 Å². The molecule has 5 nitrogen and oxygen atoms in total. The Labute approximate surface area is 112 Å². The van der Waals surface area contributed by atoms with Crippen LogP contribution in [0.1, 0.15) is 19.2 Å². The molecule has 0 aliphatic carbocycles. The summed E-state index contributed by atoms with van der Waals surface area (Å²) in [6.07, 6.45) is 0.136. The predicted molar refractivity (Wildman–Crippen MR) is 70.6 cm³/mol. The van der Waals surface area contributed by atoms with Crippen LogP contribution in [0.3, 0.4) is 0 Å². The van der Waals surface area contributed by atoms with Gasteiger partial charge in [0.2, 0.25) is 11.7 Å². The average Bonchev–Trinajstić information content (AvgIpc) is 2.96. The summed E-state index contributed by atoms with van der Waals surface area (Å²) in [7, 11) is 0. The molecule has 0 saturated heterocycles. The van der Waals surface area contributed by atoms with Gasteiger partial charge in [-0.3, -0.25) is 4.79 Å². The highest BCUT2D eigenvalue weighted by atomic mass is 32.2. The largest absolute Gasteiger partial charge is 0.481 e. The van der Waals surface area contributed by atoms with E-state index in [2.05, 4.69) is 10.1 Å². The molecule has 96 valence electrons. The minimum atomic E-state index is -0.792. The first-order chi connectivity index (χ1) is 8.65. The van der Waals surface area contributed by atoms with Crippen molar-refractivity contribution in [2.24, 2.45) is 0 Å². The number of hydrogen-bond acceptors (Lipinski definition) is 6. The second kappa shape index (κ2) is 6.01. The van der Waals surface area contributed by atoms with Crippen LogP contribution in [0, 0.1) is 0 Å². The summed E-state index contributed by atoms with van der Waals surface area (Å²) in [4.78, 5) is 15.8. The quantitative estimate of drug-likeness (QED) is 0.879. The van der Waals surface area contributed by atoms with E-state index < -0.39 is 5.97 Å². The molecule has 0 aliphatic rings. The van der Waals surface area contributed by atoms with Gasteiger partial charge in [0, 0.05) is 5.25 Å². The second-order valence-corrected chi connectivity index (χ2v) is 6.08. The van der Waals surface area contributed by atoms with Crippen LogP contribution in [0.5, 0.6) is 0 Å². The third-order valence-corrected chi connectivity index (χ3v) is 4.18. The molecule has 2 aromatic heterocycles. The van der Waals surface area contributed by atoms with Gasteiger partial charge in [0.1, 0.15) is 0 Å². The third-order valence-electron chi connectivity index (χ3n) is 2.16. The van der Waals surface area contributed by atoms with E-state index in [0.717, 1.165) is 4.88 Å². The number of carboxylic acid groups (broad SMARTS) is 1. The third kappa shape index (κ3) is 3.58. The highest BCUT2D eigenvalue weighted by Crippen LogP contribution is 2.24. The fourth-order valence-electron chi connectivity index (χ4n) is 1.34. The predicted octanol–water partition coefficient (Wildman–Crippen LogP) is 2.89. The Kier molecular flexibility index (Phi) is 4.38. The van der Waals surface area contributed by atoms with Crippen molar-refractivity contribution in [3.8, 4) is 10.7 Å². The van der Waals surface area contributed by atoms with E-state index in [1.807, 2.05) is 24.4 Å². The average molecular weight is 284 g/mol. The Morgan fingerprint density at radius 1 is 1.67 bits per heavy atom. The molecule has 1 N–H and O–H groups in total. The monoisotopic (exact) mass is 284 g/mol. The first-order valence-electron chi connectivity index (χ1n) is 5.35. The molecular formula is C11H12N2O3S2. The molecule has 0 bridgehead atoms. The topological polar surface area (TPSA) is 76.2 Å². The number of carbonyl (C=O) groups is 1. The fourth-order valence-corrected chi connectivity index (χ4v) is 2.79. The van der Waals surface area contributed by atoms with E-state index in [9.17, 15) is 4.79 Å². The summed E-state index contributed by atoms with van der Waals surface area (Å²) < 4.78 is 5.12. The minimum Gasteiger partial charge on any atom is -0.481 e. The van der Waals surface area contributed by atoms with Crippen molar-refractivity contribution in [2.75, 3.05) is 0 Å². The maximum absolute atomic E-state index is 10.5. The number of rotatable bonds is 6. The van der Waals surface area contributed by atoms with Crippen molar-refractivity contribution in [1.82, 2.24) is 10.1 Å². The van der Waals surface area contributed by atoms with Crippen LogP contribution in [0.4, 0.5) is 0 Å². The summed E-state index contributed by atoms with van der Waals surface area (Å²) in [6.45, 7) is 1.87. The zero-order valence-corrected chi connectivity index (χ0v) is 11.3. The summed E-state index contributed by atoms with van der Waals surface area (Å²) in [5.41, 5.74) is 0. The Bertz CT molecular complexity index is 510. The number of aliphatic carboxylic acids is 1. The summed E-state index contributed by atoms with van der Waals surface area (Å²) in [5, 5.41) is 14.5. The van der Waals surface area contributed by atoms with Gasteiger partial charge in [-0.2, -0.15) is 4.98 Å². The van der Waals surface area contributed by atoms with Crippen molar-refractivity contribution in [3.63, 3.8) is 0 Å². The lowest BCUT2D eigenvalue weighted by atomic mass is 10.3. The van der Waals surface area contributed by atoms with Gasteiger partial charge in [-0.15, -0.1) is 23.1 Å². The number of thioether (sulfide) groups is 1. The molecule has 0 radical (unpaired) electrons.